The summed E-state index contributed by atoms with van der Waals surface area (Å²) in [6.45, 7) is 7.38. The van der Waals surface area contributed by atoms with E-state index < -0.39 is 11.6 Å². The fourth-order valence-corrected chi connectivity index (χ4v) is 3.44. The van der Waals surface area contributed by atoms with Gasteiger partial charge in [0.1, 0.15) is 17.3 Å². The highest BCUT2D eigenvalue weighted by Gasteiger charge is 2.21. The molecule has 2 aromatic carbocycles. The van der Waals surface area contributed by atoms with Crippen molar-refractivity contribution in [2.75, 3.05) is 5.32 Å². The normalized spacial score (nSPS) is 11.2. The molecule has 4 aromatic rings. The number of oxazole rings is 1. The smallest absolute Gasteiger partial charge is 0.259 e. The average molecular weight is 436 g/mol. The SMILES string of the molecule is Cc1nn(-c2ccc(F)cc2F)c(C)c1C(=O)Nc1ccc(-c2ncc(C(C)C)o2)cc1. The van der Waals surface area contributed by atoms with Crippen molar-refractivity contribution in [1.82, 2.24) is 14.8 Å². The van der Waals surface area contributed by atoms with Crippen LogP contribution in [-0.2, 0) is 0 Å². The maximum absolute atomic E-state index is 14.2. The van der Waals surface area contributed by atoms with Crippen LogP contribution in [0.4, 0.5) is 14.5 Å². The van der Waals surface area contributed by atoms with Gasteiger partial charge in [0, 0.05) is 23.2 Å². The molecular weight excluding hydrogens is 414 g/mol. The topological polar surface area (TPSA) is 73.0 Å². The Hall–Kier alpha value is -3.81. The summed E-state index contributed by atoms with van der Waals surface area (Å²) in [6.07, 6.45) is 1.71. The Morgan fingerprint density at radius 2 is 1.81 bits per heavy atom. The van der Waals surface area contributed by atoms with Gasteiger partial charge in [-0.3, -0.25) is 4.79 Å². The van der Waals surface area contributed by atoms with E-state index >= 15 is 0 Å². The first-order valence-electron chi connectivity index (χ1n) is 10.1. The number of halogens is 2. The lowest BCUT2D eigenvalue weighted by Gasteiger charge is -2.08. The highest BCUT2D eigenvalue weighted by molar-refractivity contribution is 6.06. The zero-order valence-corrected chi connectivity index (χ0v) is 18.1. The van der Waals surface area contributed by atoms with Crippen LogP contribution in [0.5, 0.6) is 0 Å². The van der Waals surface area contributed by atoms with Crippen molar-refractivity contribution >= 4 is 11.6 Å². The number of nitrogens with one attached hydrogen (secondary N) is 1. The van der Waals surface area contributed by atoms with Crippen LogP contribution >= 0.6 is 0 Å². The van der Waals surface area contributed by atoms with Crippen molar-refractivity contribution in [3.63, 3.8) is 0 Å². The molecule has 2 aromatic heterocycles. The summed E-state index contributed by atoms with van der Waals surface area (Å²) in [5.74, 6) is -0.256. The predicted octanol–water partition coefficient (Wildman–Crippen LogP) is 5.80. The van der Waals surface area contributed by atoms with Crippen LogP contribution < -0.4 is 5.32 Å². The molecule has 0 unspecified atom stereocenters. The van der Waals surface area contributed by atoms with Crippen LogP contribution in [0.2, 0.25) is 0 Å². The molecule has 0 aliphatic heterocycles. The maximum Gasteiger partial charge on any atom is 0.259 e. The summed E-state index contributed by atoms with van der Waals surface area (Å²) in [4.78, 5) is 17.2. The van der Waals surface area contributed by atoms with Crippen molar-refractivity contribution in [2.24, 2.45) is 0 Å². The second-order valence-corrected chi connectivity index (χ2v) is 7.81. The zero-order valence-electron chi connectivity index (χ0n) is 18.1. The van der Waals surface area contributed by atoms with Gasteiger partial charge in [-0.15, -0.1) is 0 Å². The minimum Gasteiger partial charge on any atom is -0.441 e. The number of aryl methyl sites for hydroxylation is 1. The second kappa shape index (κ2) is 8.37. The third-order valence-corrected chi connectivity index (χ3v) is 5.14. The lowest BCUT2D eigenvalue weighted by molar-refractivity contribution is 0.102. The Morgan fingerprint density at radius 1 is 1.09 bits per heavy atom. The van der Waals surface area contributed by atoms with E-state index in [9.17, 15) is 13.6 Å². The number of hydrogen-bond donors (Lipinski definition) is 1. The molecule has 0 radical (unpaired) electrons. The van der Waals surface area contributed by atoms with Gasteiger partial charge >= 0.3 is 0 Å². The Balaban J connectivity index is 1.56. The van der Waals surface area contributed by atoms with Gasteiger partial charge in [-0.2, -0.15) is 5.10 Å². The average Bonchev–Trinajstić information content (AvgIpc) is 3.34. The zero-order chi connectivity index (χ0) is 23.0. The first-order valence-corrected chi connectivity index (χ1v) is 10.1. The molecule has 4 rings (SSSR count). The first-order chi connectivity index (χ1) is 15.2. The van der Waals surface area contributed by atoms with E-state index in [0.29, 0.717) is 28.5 Å². The maximum atomic E-state index is 14.2. The molecule has 0 atom stereocenters. The highest BCUT2D eigenvalue weighted by atomic mass is 19.1. The quantitative estimate of drug-likeness (QED) is 0.429. The predicted molar refractivity (Wildman–Crippen MR) is 117 cm³/mol. The highest BCUT2D eigenvalue weighted by Crippen LogP contribution is 2.26. The van der Waals surface area contributed by atoms with E-state index in [2.05, 4.69) is 15.4 Å². The Kier molecular flexibility index (Phi) is 5.61. The molecule has 1 N–H and O–H groups in total. The molecule has 0 fully saturated rings. The van der Waals surface area contributed by atoms with Crippen LogP contribution in [0.25, 0.3) is 17.1 Å². The third-order valence-electron chi connectivity index (χ3n) is 5.14. The van der Waals surface area contributed by atoms with Crippen molar-refractivity contribution in [3.05, 3.63) is 83.0 Å². The minimum atomic E-state index is -0.759. The van der Waals surface area contributed by atoms with Gasteiger partial charge in [0.2, 0.25) is 5.89 Å². The van der Waals surface area contributed by atoms with Crippen LogP contribution in [0.15, 0.2) is 53.1 Å². The van der Waals surface area contributed by atoms with Gasteiger partial charge in [-0.1, -0.05) is 13.8 Å². The van der Waals surface area contributed by atoms with E-state index in [1.165, 1.54) is 10.7 Å². The fraction of sp³-hybridized carbons (Fsp3) is 0.208. The molecule has 6 nitrogen and oxygen atoms in total. The molecule has 0 aliphatic carbocycles. The van der Waals surface area contributed by atoms with Crippen LogP contribution in [-0.4, -0.2) is 20.7 Å². The lowest BCUT2D eigenvalue weighted by Crippen LogP contribution is -2.14. The molecule has 0 spiro atoms. The Bertz CT molecular complexity index is 1290. The van der Waals surface area contributed by atoms with Crippen molar-refractivity contribution in [2.45, 2.75) is 33.6 Å². The largest absolute Gasteiger partial charge is 0.441 e. The summed E-state index contributed by atoms with van der Waals surface area (Å²) in [5.41, 5.74) is 2.65. The van der Waals surface area contributed by atoms with Gasteiger partial charge in [0.15, 0.2) is 5.82 Å². The molecule has 0 saturated heterocycles. The number of benzene rings is 2. The number of anilines is 1. The Labute approximate surface area is 183 Å². The number of carbonyl (C=O) groups excluding carboxylic acids is 1. The number of aromatic nitrogens is 3. The minimum absolute atomic E-state index is 0.0714. The number of nitrogens with zero attached hydrogens (tertiary/aromatic N) is 3. The molecule has 32 heavy (non-hydrogen) atoms. The van der Waals surface area contributed by atoms with Crippen molar-refractivity contribution < 1.29 is 18.0 Å². The van der Waals surface area contributed by atoms with Gasteiger partial charge in [0.05, 0.1) is 23.1 Å². The van der Waals surface area contributed by atoms with Crippen LogP contribution in [0, 0.1) is 25.5 Å². The third kappa shape index (κ3) is 4.03. The molecule has 8 heteroatoms. The second-order valence-electron chi connectivity index (χ2n) is 7.81. The van der Waals surface area contributed by atoms with Crippen LogP contribution in [0.1, 0.15) is 47.3 Å². The molecule has 0 bridgehead atoms. The molecule has 164 valence electrons. The van der Waals surface area contributed by atoms with E-state index in [0.717, 1.165) is 23.5 Å². The molecule has 0 saturated carbocycles. The van der Waals surface area contributed by atoms with Gasteiger partial charge < -0.3 is 9.73 Å². The van der Waals surface area contributed by atoms with E-state index in [4.69, 9.17) is 4.42 Å². The monoisotopic (exact) mass is 436 g/mol. The molecule has 0 aliphatic rings. The number of amides is 1. The number of carbonyl (C=O) groups is 1. The summed E-state index contributed by atoms with van der Waals surface area (Å²) >= 11 is 0. The summed E-state index contributed by atoms with van der Waals surface area (Å²) in [5, 5.41) is 7.11. The summed E-state index contributed by atoms with van der Waals surface area (Å²) in [7, 11) is 0. The van der Waals surface area contributed by atoms with E-state index in [-0.39, 0.29) is 17.5 Å². The van der Waals surface area contributed by atoms with E-state index in [1.54, 1.807) is 32.2 Å². The lowest BCUT2D eigenvalue weighted by atomic mass is 10.1. The molecule has 2 heterocycles. The van der Waals surface area contributed by atoms with Gasteiger partial charge in [-0.05, 0) is 50.2 Å². The van der Waals surface area contributed by atoms with Gasteiger partial charge in [0.25, 0.3) is 5.91 Å². The molecule has 1 amide bonds. The Morgan fingerprint density at radius 3 is 2.44 bits per heavy atom. The standard InChI is InChI=1S/C24H22F2N4O2/c1-13(2)21-12-27-24(32-21)16-5-8-18(9-6-16)28-23(31)22-14(3)29-30(15(22)4)20-10-7-17(25)11-19(20)26/h5-13H,1-4H3,(H,28,31). The van der Waals surface area contributed by atoms with Crippen molar-refractivity contribution in [1.29, 1.82) is 0 Å². The number of hydrogen-bond acceptors (Lipinski definition) is 4. The fourth-order valence-electron chi connectivity index (χ4n) is 3.44. The van der Waals surface area contributed by atoms with E-state index in [1.807, 2.05) is 26.0 Å². The van der Waals surface area contributed by atoms with Gasteiger partial charge in [-0.25, -0.2) is 18.4 Å². The van der Waals surface area contributed by atoms with Crippen molar-refractivity contribution in [3.8, 4) is 17.1 Å². The first kappa shape index (κ1) is 21.4. The number of rotatable bonds is 5. The summed E-state index contributed by atoms with van der Waals surface area (Å²) in [6, 6.07) is 10.3. The molecular formula is C24H22F2N4O2. The summed E-state index contributed by atoms with van der Waals surface area (Å²) < 4.78 is 34.5. The van der Waals surface area contributed by atoms with Crippen LogP contribution in [0.3, 0.4) is 0 Å².